The van der Waals surface area contributed by atoms with Crippen LogP contribution < -0.4 is 15.5 Å². The van der Waals surface area contributed by atoms with Gasteiger partial charge in [-0.2, -0.15) is 0 Å². The van der Waals surface area contributed by atoms with Crippen molar-refractivity contribution in [3.63, 3.8) is 0 Å². The second-order valence-electron chi connectivity index (χ2n) is 3.97. The Hall–Kier alpha value is -1.22. The lowest BCUT2D eigenvalue weighted by Crippen LogP contribution is -2.36. The van der Waals surface area contributed by atoms with E-state index in [2.05, 4.69) is 39.8 Å². The van der Waals surface area contributed by atoms with E-state index in [-0.39, 0.29) is 0 Å². The summed E-state index contributed by atoms with van der Waals surface area (Å²) in [4.78, 5) is 2.47. The molecule has 1 aromatic carbocycles. The van der Waals surface area contributed by atoms with Crippen LogP contribution in [0.4, 0.5) is 11.4 Å². The van der Waals surface area contributed by atoms with E-state index in [1.54, 1.807) is 0 Å². The minimum Gasteiger partial charge on any atom is -0.366 e. The molecular formula is C11H15N3. The quantitative estimate of drug-likeness (QED) is 0.696. The van der Waals surface area contributed by atoms with E-state index in [1.165, 1.54) is 17.8 Å². The van der Waals surface area contributed by atoms with Gasteiger partial charge in [-0.1, -0.05) is 12.1 Å². The predicted molar refractivity (Wildman–Crippen MR) is 58.7 cm³/mol. The molecule has 1 unspecified atom stereocenters. The summed E-state index contributed by atoms with van der Waals surface area (Å²) in [6.07, 6.45) is 1.26. The molecule has 2 aliphatic rings. The molecule has 2 aliphatic heterocycles. The number of hydrogen-bond donors (Lipinski definition) is 2. The van der Waals surface area contributed by atoms with Crippen LogP contribution in [0.25, 0.3) is 0 Å². The van der Waals surface area contributed by atoms with Gasteiger partial charge in [0.05, 0.1) is 18.0 Å². The van der Waals surface area contributed by atoms with Crippen LogP contribution in [0.2, 0.25) is 0 Å². The van der Waals surface area contributed by atoms with E-state index in [0.717, 1.165) is 19.8 Å². The second kappa shape index (κ2) is 3.17. The third-order valence-electron chi connectivity index (χ3n) is 3.13. The highest BCUT2D eigenvalue weighted by atomic mass is 15.3. The average Bonchev–Trinajstić information content (AvgIpc) is 2.85. The highest BCUT2D eigenvalue weighted by Gasteiger charge is 2.27. The van der Waals surface area contributed by atoms with Crippen molar-refractivity contribution in [2.24, 2.45) is 0 Å². The van der Waals surface area contributed by atoms with Gasteiger partial charge in [-0.25, -0.2) is 0 Å². The average molecular weight is 189 g/mol. The molecule has 3 nitrogen and oxygen atoms in total. The lowest BCUT2D eigenvalue weighted by Gasteiger charge is -2.24. The SMILES string of the molecule is c1ccc2c(c1)NCN2C1CCNC1. The van der Waals surface area contributed by atoms with Crippen LogP contribution in [0.3, 0.4) is 0 Å². The molecule has 2 N–H and O–H groups in total. The zero-order valence-corrected chi connectivity index (χ0v) is 8.16. The zero-order chi connectivity index (χ0) is 9.38. The van der Waals surface area contributed by atoms with E-state index in [1.807, 2.05) is 0 Å². The van der Waals surface area contributed by atoms with Crippen LogP contribution in [0, 0.1) is 0 Å². The predicted octanol–water partition coefficient (Wildman–Crippen LogP) is 1.24. The standard InChI is InChI=1S/C11H15N3/c1-2-4-11-10(3-1)13-8-14(11)9-5-6-12-7-9/h1-4,9,12-13H,5-8H2. The van der Waals surface area contributed by atoms with Gasteiger partial charge in [-0.15, -0.1) is 0 Å². The van der Waals surface area contributed by atoms with Crippen LogP contribution in [0.1, 0.15) is 6.42 Å². The van der Waals surface area contributed by atoms with Crippen LogP contribution in [0.5, 0.6) is 0 Å². The third-order valence-corrected chi connectivity index (χ3v) is 3.13. The Morgan fingerprint density at radius 2 is 2.21 bits per heavy atom. The van der Waals surface area contributed by atoms with Gasteiger partial charge in [0.2, 0.25) is 0 Å². The first kappa shape index (κ1) is 8.12. The van der Waals surface area contributed by atoms with E-state index in [0.29, 0.717) is 6.04 Å². The molecule has 1 atom stereocenters. The van der Waals surface area contributed by atoms with Crippen molar-refractivity contribution in [3.05, 3.63) is 24.3 Å². The fraction of sp³-hybridized carbons (Fsp3) is 0.455. The fourth-order valence-corrected chi connectivity index (χ4v) is 2.36. The summed E-state index contributed by atoms with van der Waals surface area (Å²) in [5.41, 5.74) is 2.64. The molecule has 0 aliphatic carbocycles. The van der Waals surface area contributed by atoms with Crippen molar-refractivity contribution in [2.75, 3.05) is 30.0 Å². The molecule has 0 bridgehead atoms. The highest BCUT2D eigenvalue weighted by molar-refractivity contribution is 5.75. The lowest BCUT2D eigenvalue weighted by atomic mass is 10.2. The van der Waals surface area contributed by atoms with Crippen molar-refractivity contribution < 1.29 is 0 Å². The maximum atomic E-state index is 3.43. The molecule has 1 aromatic rings. The molecule has 1 saturated heterocycles. The number of anilines is 2. The molecule has 3 rings (SSSR count). The Bertz CT molecular complexity index is 331. The Balaban J connectivity index is 1.89. The summed E-state index contributed by atoms with van der Waals surface area (Å²) in [5.74, 6) is 0. The van der Waals surface area contributed by atoms with E-state index in [9.17, 15) is 0 Å². The van der Waals surface area contributed by atoms with E-state index < -0.39 is 0 Å². The van der Waals surface area contributed by atoms with Crippen molar-refractivity contribution in [1.29, 1.82) is 0 Å². The first-order valence-electron chi connectivity index (χ1n) is 5.25. The molecular weight excluding hydrogens is 174 g/mol. The highest BCUT2D eigenvalue weighted by Crippen LogP contribution is 2.33. The van der Waals surface area contributed by atoms with Gasteiger partial charge >= 0.3 is 0 Å². The van der Waals surface area contributed by atoms with Crippen LogP contribution >= 0.6 is 0 Å². The molecule has 2 heterocycles. The number of nitrogens with zero attached hydrogens (tertiary/aromatic N) is 1. The zero-order valence-electron chi connectivity index (χ0n) is 8.16. The molecule has 3 heteroatoms. The molecule has 0 amide bonds. The molecule has 1 fully saturated rings. The number of hydrogen-bond acceptors (Lipinski definition) is 3. The monoisotopic (exact) mass is 189 g/mol. The largest absolute Gasteiger partial charge is 0.366 e. The molecule has 0 spiro atoms. The van der Waals surface area contributed by atoms with Gasteiger partial charge in [-0.3, -0.25) is 0 Å². The van der Waals surface area contributed by atoms with Crippen molar-refractivity contribution >= 4 is 11.4 Å². The van der Waals surface area contributed by atoms with Gasteiger partial charge < -0.3 is 15.5 Å². The summed E-state index contributed by atoms with van der Waals surface area (Å²) in [7, 11) is 0. The Kier molecular flexibility index (Phi) is 1.84. The van der Waals surface area contributed by atoms with Crippen LogP contribution in [-0.2, 0) is 0 Å². The molecule has 0 aromatic heterocycles. The first-order valence-corrected chi connectivity index (χ1v) is 5.25. The van der Waals surface area contributed by atoms with Gasteiger partial charge in [0.1, 0.15) is 0 Å². The maximum Gasteiger partial charge on any atom is 0.0881 e. The number of rotatable bonds is 1. The number of fused-ring (bicyclic) bond motifs is 1. The normalized spacial score (nSPS) is 24.9. The minimum absolute atomic E-state index is 0.672. The molecule has 0 saturated carbocycles. The van der Waals surface area contributed by atoms with E-state index in [4.69, 9.17) is 0 Å². The Morgan fingerprint density at radius 3 is 3.07 bits per heavy atom. The minimum atomic E-state index is 0.672. The maximum absolute atomic E-state index is 3.43. The third kappa shape index (κ3) is 1.16. The summed E-state index contributed by atoms with van der Waals surface area (Å²) in [6, 6.07) is 9.22. The fourth-order valence-electron chi connectivity index (χ4n) is 2.36. The number of benzene rings is 1. The topological polar surface area (TPSA) is 27.3 Å². The van der Waals surface area contributed by atoms with Crippen LogP contribution in [-0.4, -0.2) is 25.8 Å². The van der Waals surface area contributed by atoms with Gasteiger partial charge in [0, 0.05) is 12.6 Å². The number of nitrogens with one attached hydrogen (secondary N) is 2. The van der Waals surface area contributed by atoms with Gasteiger partial charge in [-0.05, 0) is 25.1 Å². The number of para-hydroxylation sites is 2. The van der Waals surface area contributed by atoms with Gasteiger partial charge in [0.25, 0.3) is 0 Å². The smallest absolute Gasteiger partial charge is 0.0881 e. The summed E-state index contributed by atoms with van der Waals surface area (Å²) >= 11 is 0. The molecule has 14 heavy (non-hydrogen) atoms. The van der Waals surface area contributed by atoms with Crippen molar-refractivity contribution in [2.45, 2.75) is 12.5 Å². The van der Waals surface area contributed by atoms with Crippen molar-refractivity contribution in [3.8, 4) is 0 Å². The van der Waals surface area contributed by atoms with Gasteiger partial charge in [0.15, 0.2) is 0 Å². The molecule has 74 valence electrons. The molecule has 0 radical (unpaired) electrons. The Morgan fingerprint density at radius 1 is 1.29 bits per heavy atom. The summed E-state index contributed by atoms with van der Waals surface area (Å²) < 4.78 is 0. The lowest BCUT2D eigenvalue weighted by molar-refractivity contribution is 0.665. The Labute approximate surface area is 84.1 Å². The summed E-state index contributed by atoms with van der Waals surface area (Å²) in [5, 5.41) is 6.84. The van der Waals surface area contributed by atoms with E-state index >= 15 is 0 Å². The summed E-state index contributed by atoms with van der Waals surface area (Å²) in [6.45, 7) is 3.24. The first-order chi connectivity index (χ1) is 6.95. The van der Waals surface area contributed by atoms with Crippen LogP contribution in [0.15, 0.2) is 24.3 Å². The van der Waals surface area contributed by atoms with Crippen molar-refractivity contribution in [1.82, 2.24) is 5.32 Å². The second-order valence-corrected chi connectivity index (χ2v) is 3.97.